The third kappa shape index (κ3) is 3.99. The van der Waals surface area contributed by atoms with Crippen molar-refractivity contribution in [3.05, 3.63) is 29.8 Å². The van der Waals surface area contributed by atoms with Crippen LogP contribution in [0.25, 0.3) is 0 Å². The largest absolute Gasteiger partial charge is 0.484 e. The molecule has 0 aromatic heterocycles. The molecule has 1 amide bonds. The number of carbonyl (C=O) groups excluding carboxylic acids is 1. The molecule has 0 aliphatic heterocycles. The van der Waals surface area contributed by atoms with Crippen molar-refractivity contribution < 1.29 is 9.53 Å². The minimum atomic E-state index is -0.0916. The van der Waals surface area contributed by atoms with Gasteiger partial charge in [-0.2, -0.15) is 5.26 Å². The first kappa shape index (κ1) is 14.4. The van der Waals surface area contributed by atoms with E-state index in [-0.39, 0.29) is 18.6 Å². The highest BCUT2D eigenvalue weighted by Gasteiger charge is 2.22. The van der Waals surface area contributed by atoms with Gasteiger partial charge in [0.1, 0.15) is 5.75 Å². The average molecular weight is 272 g/mol. The molecule has 1 aliphatic rings. The summed E-state index contributed by atoms with van der Waals surface area (Å²) in [5.74, 6) is 0.997. The normalized spacial score (nSPS) is 21.8. The summed E-state index contributed by atoms with van der Waals surface area (Å²) in [4.78, 5) is 11.9. The maximum Gasteiger partial charge on any atom is 0.258 e. The zero-order valence-electron chi connectivity index (χ0n) is 11.8. The van der Waals surface area contributed by atoms with E-state index in [9.17, 15) is 4.79 Å². The second-order valence-corrected chi connectivity index (χ2v) is 5.36. The van der Waals surface area contributed by atoms with Crippen molar-refractivity contribution in [2.45, 2.75) is 38.6 Å². The standard InChI is InChI=1S/C16H20N2O2/c1-12-5-2-3-8-15(12)18-16(19)11-20-14-7-4-6-13(9-14)10-17/h4,6-7,9,12,15H,2-3,5,8,11H2,1H3,(H,18,19)/t12-,15-/m0/s1. The Hall–Kier alpha value is -2.02. The van der Waals surface area contributed by atoms with Gasteiger partial charge in [-0.15, -0.1) is 0 Å². The summed E-state index contributed by atoms with van der Waals surface area (Å²) in [5, 5.41) is 11.8. The molecule has 106 valence electrons. The Kier molecular flexibility index (Phi) is 5.00. The molecule has 1 aromatic carbocycles. The second kappa shape index (κ2) is 6.95. The molecule has 0 spiro atoms. The zero-order chi connectivity index (χ0) is 14.4. The summed E-state index contributed by atoms with van der Waals surface area (Å²) in [7, 11) is 0. The molecule has 0 unspecified atom stereocenters. The van der Waals surface area contributed by atoms with Crippen LogP contribution in [0.1, 0.15) is 38.2 Å². The molecule has 20 heavy (non-hydrogen) atoms. The number of nitriles is 1. The summed E-state index contributed by atoms with van der Waals surface area (Å²) in [6.45, 7) is 2.18. The molecule has 1 aliphatic carbocycles. The Morgan fingerprint density at radius 2 is 2.25 bits per heavy atom. The number of carbonyl (C=O) groups is 1. The number of nitrogens with one attached hydrogen (secondary N) is 1. The first-order chi connectivity index (χ1) is 9.69. The molecule has 4 heteroatoms. The Bertz CT molecular complexity index is 507. The number of hydrogen-bond acceptors (Lipinski definition) is 3. The molecule has 1 fully saturated rings. The lowest BCUT2D eigenvalue weighted by atomic mass is 9.86. The number of hydrogen-bond donors (Lipinski definition) is 1. The van der Waals surface area contributed by atoms with E-state index in [0.29, 0.717) is 17.2 Å². The number of amides is 1. The van der Waals surface area contributed by atoms with Crippen LogP contribution in [0.2, 0.25) is 0 Å². The number of rotatable bonds is 4. The van der Waals surface area contributed by atoms with Crippen LogP contribution in [-0.4, -0.2) is 18.6 Å². The Balaban J connectivity index is 1.81. The third-order valence-corrected chi connectivity index (χ3v) is 3.79. The molecule has 0 heterocycles. The van der Waals surface area contributed by atoms with E-state index in [1.165, 1.54) is 19.3 Å². The smallest absolute Gasteiger partial charge is 0.258 e. The fourth-order valence-corrected chi connectivity index (χ4v) is 2.58. The van der Waals surface area contributed by atoms with E-state index in [4.69, 9.17) is 10.00 Å². The van der Waals surface area contributed by atoms with Crippen molar-refractivity contribution in [1.29, 1.82) is 5.26 Å². The lowest BCUT2D eigenvalue weighted by molar-refractivity contribution is -0.124. The van der Waals surface area contributed by atoms with Crippen molar-refractivity contribution in [2.24, 2.45) is 5.92 Å². The van der Waals surface area contributed by atoms with Gasteiger partial charge in [0, 0.05) is 6.04 Å². The van der Waals surface area contributed by atoms with E-state index >= 15 is 0 Å². The minimum Gasteiger partial charge on any atom is -0.484 e. The zero-order valence-corrected chi connectivity index (χ0v) is 11.8. The minimum absolute atomic E-state index is 0.00188. The van der Waals surface area contributed by atoms with Crippen LogP contribution < -0.4 is 10.1 Å². The van der Waals surface area contributed by atoms with Gasteiger partial charge in [-0.3, -0.25) is 4.79 Å². The Morgan fingerprint density at radius 1 is 1.45 bits per heavy atom. The fourth-order valence-electron chi connectivity index (χ4n) is 2.58. The molecule has 0 bridgehead atoms. The lowest BCUT2D eigenvalue weighted by Crippen LogP contribution is -2.43. The van der Waals surface area contributed by atoms with Crippen molar-refractivity contribution in [3.8, 4) is 11.8 Å². The van der Waals surface area contributed by atoms with Crippen LogP contribution in [0.3, 0.4) is 0 Å². The predicted molar refractivity (Wildman–Crippen MR) is 76.2 cm³/mol. The average Bonchev–Trinajstić information content (AvgIpc) is 2.48. The maximum absolute atomic E-state index is 11.9. The quantitative estimate of drug-likeness (QED) is 0.916. The van der Waals surface area contributed by atoms with Gasteiger partial charge in [0.05, 0.1) is 11.6 Å². The summed E-state index contributed by atoms with van der Waals surface area (Å²) in [5.41, 5.74) is 0.531. The van der Waals surface area contributed by atoms with E-state index in [0.717, 1.165) is 6.42 Å². The van der Waals surface area contributed by atoms with Crippen LogP contribution in [0, 0.1) is 17.2 Å². The molecule has 2 atom stereocenters. The van der Waals surface area contributed by atoms with Gasteiger partial charge in [-0.25, -0.2) is 0 Å². The number of nitrogens with zero attached hydrogens (tertiary/aromatic N) is 1. The Morgan fingerprint density at radius 3 is 3.00 bits per heavy atom. The molecular formula is C16H20N2O2. The van der Waals surface area contributed by atoms with Gasteiger partial charge in [-0.1, -0.05) is 25.8 Å². The second-order valence-electron chi connectivity index (χ2n) is 5.36. The van der Waals surface area contributed by atoms with E-state index in [1.54, 1.807) is 24.3 Å². The SMILES string of the molecule is C[C@H]1CCCC[C@@H]1NC(=O)COc1cccc(C#N)c1. The van der Waals surface area contributed by atoms with E-state index < -0.39 is 0 Å². The van der Waals surface area contributed by atoms with E-state index in [2.05, 4.69) is 12.2 Å². The van der Waals surface area contributed by atoms with Crippen molar-refractivity contribution in [2.75, 3.05) is 6.61 Å². The summed E-state index contributed by atoms with van der Waals surface area (Å²) in [6.07, 6.45) is 4.66. The monoisotopic (exact) mass is 272 g/mol. The van der Waals surface area contributed by atoms with Crippen molar-refractivity contribution in [3.63, 3.8) is 0 Å². The number of benzene rings is 1. The molecule has 1 aromatic rings. The third-order valence-electron chi connectivity index (χ3n) is 3.79. The summed E-state index contributed by atoms with van der Waals surface area (Å²) < 4.78 is 5.42. The first-order valence-corrected chi connectivity index (χ1v) is 7.11. The van der Waals surface area contributed by atoms with Gasteiger partial charge >= 0.3 is 0 Å². The molecule has 1 N–H and O–H groups in total. The van der Waals surface area contributed by atoms with Crippen molar-refractivity contribution >= 4 is 5.91 Å². The highest BCUT2D eigenvalue weighted by atomic mass is 16.5. The fraction of sp³-hybridized carbons (Fsp3) is 0.500. The first-order valence-electron chi connectivity index (χ1n) is 7.11. The predicted octanol–water partition coefficient (Wildman–Crippen LogP) is 2.63. The number of ether oxygens (including phenoxy) is 1. The van der Waals surface area contributed by atoms with Gasteiger partial charge in [-0.05, 0) is 37.0 Å². The highest BCUT2D eigenvalue weighted by Crippen LogP contribution is 2.23. The molecule has 1 saturated carbocycles. The van der Waals surface area contributed by atoms with Crippen LogP contribution >= 0.6 is 0 Å². The van der Waals surface area contributed by atoms with Gasteiger partial charge in [0.2, 0.25) is 0 Å². The van der Waals surface area contributed by atoms with Crippen LogP contribution in [0.5, 0.6) is 5.75 Å². The van der Waals surface area contributed by atoms with Gasteiger partial charge < -0.3 is 10.1 Å². The van der Waals surface area contributed by atoms with Gasteiger partial charge in [0.25, 0.3) is 5.91 Å². The molecule has 0 radical (unpaired) electrons. The molecular weight excluding hydrogens is 252 g/mol. The van der Waals surface area contributed by atoms with Crippen LogP contribution in [0.15, 0.2) is 24.3 Å². The maximum atomic E-state index is 11.9. The van der Waals surface area contributed by atoms with Crippen molar-refractivity contribution in [1.82, 2.24) is 5.32 Å². The topological polar surface area (TPSA) is 62.1 Å². The molecule has 4 nitrogen and oxygen atoms in total. The Labute approximate surface area is 119 Å². The highest BCUT2D eigenvalue weighted by molar-refractivity contribution is 5.77. The lowest BCUT2D eigenvalue weighted by Gasteiger charge is -2.29. The van der Waals surface area contributed by atoms with Crippen LogP contribution in [0.4, 0.5) is 0 Å². The summed E-state index contributed by atoms with van der Waals surface area (Å²) >= 11 is 0. The van der Waals surface area contributed by atoms with Crippen LogP contribution in [-0.2, 0) is 4.79 Å². The molecule has 2 rings (SSSR count). The van der Waals surface area contributed by atoms with Gasteiger partial charge in [0.15, 0.2) is 6.61 Å². The molecule has 0 saturated heterocycles. The summed E-state index contributed by atoms with van der Waals surface area (Å²) in [6, 6.07) is 9.15. The van der Waals surface area contributed by atoms with E-state index in [1.807, 2.05) is 6.07 Å².